The lowest BCUT2D eigenvalue weighted by molar-refractivity contribution is -0.136. The van der Waals surface area contributed by atoms with Crippen LogP contribution in [0, 0.1) is 0 Å². The molecule has 0 radical (unpaired) electrons. The number of hydrogen-bond donors (Lipinski definition) is 4. The van der Waals surface area contributed by atoms with Gasteiger partial charge in [0.15, 0.2) is 11.2 Å². The summed E-state index contributed by atoms with van der Waals surface area (Å²) in [5, 5.41) is 24.0. The molecule has 84 heavy (non-hydrogen) atoms. The van der Waals surface area contributed by atoms with Crippen LogP contribution in [0.15, 0.2) is 164 Å². The monoisotopic (exact) mass is 1130 g/mol. The van der Waals surface area contributed by atoms with Gasteiger partial charge in [0.25, 0.3) is 11.8 Å². The lowest BCUT2D eigenvalue weighted by Crippen LogP contribution is -2.48. The van der Waals surface area contributed by atoms with E-state index in [1.165, 1.54) is 12.0 Å². The Kier molecular flexibility index (Phi) is 17.0. The number of carbonyl (C=O) groups excluding carboxylic acids is 3. The van der Waals surface area contributed by atoms with Gasteiger partial charge in [-0.25, -0.2) is 19.4 Å². The van der Waals surface area contributed by atoms with Crippen molar-refractivity contribution in [3.8, 4) is 34.3 Å². The smallest absolute Gasteiger partial charge is 0.410 e. The van der Waals surface area contributed by atoms with E-state index in [1.54, 1.807) is 19.5 Å². The SMILES string of the molecule is CO[C@@]1(C(=O)Nc2ccc3[nH]nc(-c4ccnc(OC(C)C)c4)c3c2)CCNC1.CO[C@@]1(C(=O)Nc2ccc3c(c2)c(-c2ccnc(OC(C)C)c2)nn3C(c2ccccc2)(c2ccccc2)c2ccccc2)CCN(C(=O)OC(C)(C)C)C1. The van der Waals surface area contributed by atoms with Crippen molar-refractivity contribution in [2.24, 2.45) is 0 Å². The average molecular weight is 1130 g/mol. The molecule has 2 aliphatic rings. The number of methoxy groups -OCH3 is 2. The van der Waals surface area contributed by atoms with Crippen molar-refractivity contribution in [3.05, 3.63) is 181 Å². The lowest BCUT2D eigenvalue weighted by atomic mass is 9.77. The number of aromatic amines is 1. The van der Waals surface area contributed by atoms with Gasteiger partial charge in [-0.3, -0.25) is 14.7 Å². The van der Waals surface area contributed by atoms with Gasteiger partial charge in [0.1, 0.15) is 22.5 Å². The van der Waals surface area contributed by atoms with Gasteiger partial charge in [-0.15, -0.1) is 0 Å². The van der Waals surface area contributed by atoms with Crippen LogP contribution in [0.2, 0.25) is 0 Å². The Morgan fingerprint density at radius 2 is 1.14 bits per heavy atom. The van der Waals surface area contributed by atoms with E-state index in [4.69, 9.17) is 28.8 Å². The van der Waals surface area contributed by atoms with Crippen molar-refractivity contribution in [3.63, 3.8) is 0 Å². The van der Waals surface area contributed by atoms with Crippen molar-refractivity contribution in [1.82, 2.24) is 40.2 Å². The van der Waals surface area contributed by atoms with Gasteiger partial charge in [-0.05, 0) is 127 Å². The second kappa shape index (κ2) is 24.5. The molecule has 18 heteroatoms. The van der Waals surface area contributed by atoms with Gasteiger partial charge in [0.2, 0.25) is 11.8 Å². The molecular weight excluding hydrogens is 1060 g/mol. The number of ether oxygens (including phenoxy) is 5. The molecule has 2 atom stereocenters. The maximum Gasteiger partial charge on any atom is 0.410 e. The van der Waals surface area contributed by atoms with E-state index < -0.39 is 28.4 Å². The number of amides is 3. The van der Waals surface area contributed by atoms with Crippen LogP contribution >= 0.6 is 0 Å². The molecule has 434 valence electrons. The van der Waals surface area contributed by atoms with E-state index in [1.807, 2.05) is 164 Å². The third kappa shape index (κ3) is 12.1. The highest BCUT2D eigenvalue weighted by Crippen LogP contribution is 2.45. The molecule has 3 amide bonds. The predicted octanol–water partition coefficient (Wildman–Crippen LogP) is 11.4. The highest BCUT2D eigenvalue weighted by atomic mass is 16.6. The fourth-order valence-electron chi connectivity index (χ4n) is 10.9. The summed E-state index contributed by atoms with van der Waals surface area (Å²) >= 11 is 0. The molecule has 6 heterocycles. The standard InChI is InChI=1S/C45H47N5O5.C21H25N5O3/c1-31(2)54-39-28-32(24-26-46-39)40-37-29-36(47-41(51)44(53-6)25-27-49(30-44)42(52)55-43(3,4)5)22-23-38(37)50(48-40)45(33-16-10-7-11-17-33,34-18-12-8-13-19-34)35-20-14-9-15-21-35;1-13(2)29-18-10-14(6-8-23-18)19-16-11-15(4-5-17(16)25-26-19)24-20(27)21(28-3)7-9-22-12-21/h7-24,26,28-29,31H,25,27,30H2,1-6H3,(H,47,51);4-6,8,10-11,13,22H,7,9,12H2,1-3H3,(H,24,27)(H,25,26)/t44-;21-/m00/s1. The summed E-state index contributed by atoms with van der Waals surface area (Å²) in [6, 6.07) is 50.2. The minimum absolute atomic E-state index is 0.0358. The first-order valence-corrected chi connectivity index (χ1v) is 28.3. The number of H-pyrrole nitrogens is 1. The Balaban J connectivity index is 0.000000227. The molecule has 5 aromatic carbocycles. The lowest BCUT2D eigenvalue weighted by Gasteiger charge is -2.37. The van der Waals surface area contributed by atoms with Gasteiger partial charge < -0.3 is 44.5 Å². The highest BCUT2D eigenvalue weighted by Gasteiger charge is 2.48. The molecule has 2 fully saturated rings. The molecule has 0 unspecified atom stereocenters. The van der Waals surface area contributed by atoms with E-state index in [9.17, 15) is 14.4 Å². The van der Waals surface area contributed by atoms with Gasteiger partial charge in [-0.1, -0.05) is 91.0 Å². The van der Waals surface area contributed by atoms with Crippen molar-refractivity contribution < 1.29 is 38.1 Å². The van der Waals surface area contributed by atoms with E-state index in [2.05, 4.69) is 77.2 Å². The fraction of sp³-hybridized carbons (Fsp3) is 0.318. The van der Waals surface area contributed by atoms with Crippen LogP contribution in [-0.2, 0) is 29.3 Å². The Bertz CT molecular complexity index is 3670. The van der Waals surface area contributed by atoms with Crippen LogP contribution in [0.1, 0.15) is 78.0 Å². The summed E-state index contributed by atoms with van der Waals surface area (Å²) in [5.74, 6) is 0.538. The minimum atomic E-state index is -1.25. The summed E-state index contributed by atoms with van der Waals surface area (Å²) in [6.45, 7) is 15.0. The van der Waals surface area contributed by atoms with E-state index in [0.29, 0.717) is 54.8 Å². The summed E-state index contributed by atoms with van der Waals surface area (Å²) in [7, 11) is 3.07. The summed E-state index contributed by atoms with van der Waals surface area (Å²) in [4.78, 5) is 50.1. The molecule has 0 bridgehead atoms. The van der Waals surface area contributed by atoms with Crippen LogP contribution in [-0.4, -0.2) is 122 Å². The van der Waals surface area contributed by atoms with Gasteiger partial charge in [0, 0.05) is 91.5 Å². The first-order chi connectivity index (χ1) is 40.4. The number of rotatable bonds is 16. The number of benzene rings is 5. The van der Waals surface area contributed by atoms with Crippen LogP contribution in [0.25, 0.3) is 44.3 Å². The number of carbonyl (C=O) groups is 3. The number of nitrogens with zero attached hydrogens (tertiary/aromatic N) is 6. The largest absolute Gasteiger partial charge is 0.475 e. The summed E-state index contributed by atoms with van der Waals surface area (Å²) < 4.78 is 30.8. The number of likely N-dealkylation sites (tertiary alicyclic amines) is 1. The predicted molar refractivity (Wildman–Crippen MR) is 325 cm³/mol. The van der Waals surface area contributed by atoms with Gasteiger partial charge in [-0.2, -0.15) is 10.2 Å². The molecule has 2 aliphatic heterocycles. The number of aromatic nitrogens is 6. The molecule has 4 N–H and O–H groups in total. The molecule has 9 aromatic rings. The number of anilines is 2. The van der Waals surface area contributed by atoms with E-state index in [0.717, 1.165) is 61.9 Å². The van der Waals surface area contributed by atoms with Gasteiger partial charge >= 0.3 is 6.09 Å². The first-order valence-electron chi connectivity index (χ1n) is 28.3. The zero-order valence-corrected chi connectivity index (χ0v) is 48.9. The maximum atomic E-state index is 14.1. The van der Waals surface area contributed by atoms with Crippen molar-refractivity contribution >= 4 is 51.1 Å². The second-order valence-corrected chi connectivity index (χ2v) is 22.6. The number of nitrogens with one attached hydrogen (secondary N) is 4. The molecule has 0 saturated carbocycles. The molecule has 0 aliphatic carbocycles. The maximum absolute atomic E-state index is 14.1. The fourth-order valence-corrected chi connectivity index (χ4v) is 10.9. The van der Waals surface area contributed by atoms with Gasteiger partial charge in [0.05, 0.1) is 29.8 Å². The third-order valence-electron chi connectivity index (χ3n) is 15.0. The van der Waals surface area contributed by atoms with E-state index >= 15 is 0 Å². The van der Waals surface area contributed by atoms with Crippen LogP contribution < -0.4 is 25.4 Å². The van der Waals surface area contributed by atoms with Crippen molar-refractivity contribution in [2.45, 2.75) is 95.9 Å². The zero-order chi connectivity index (χ0) is 59.2. The zero-order valence-electron chi connectivity index (χ0n) is 48.9. The topological polar surface area (TPSA) is 209 Å². The van der Waals surface area contributed by atoms with Crippen LogP contribution in [0.4, 0.5) is 16.2 Å². The van der Waals surface area contributed by atoms with Crippen LogP contribution in [0.3, 0.4) is 0 Å². The van der Waals surface area contributed by atoms with Crippen molar-refractivity contribution in [2.75, 3.05) is 51.0 Å². The Morgan fingerprint density at radius 3 is 1.65 bits per heavy atom. The Labute approximate surface area is 489 Å². The van der Waals surface area contributed by atoms with E-state index in [-0.39, 0.29) is 30.6 Å². The normalized spacial score (nSPS) is 17.1. The molecule has 4 aromatic heterocycles. The molecule has 0 spiro atoms. The third-order valence-corrected chi connectivity index (χ3v) is 15.0. The Hall–Kier alpha value is -8.97. The first kappa shape index (κ1) is 58.2. The molecule has 18 nitrogen and oxygen atoms in total. The van der Waals surface area contributed by atoms with Crippen LogP contribution in [0.5, 0.6) is 11.8 Å². The van der Waals surface area contributed by atoms with Crippen molar-refractivity contribution in [1.29, 1.82) is 0 Å². The summed E-state index contributed by atoms with van der Waals surface area (Å²) in [5.41, 5.74) is 5.56. The summed E-state index contributed by atoms with van der Waals surface area (Å²) in [6.07, 6.45) is 3.88. The minimum Gasteiger partial charge on any atom is -0.475 e. The molecule has 2 saturated heterocycles. The molecular formula is C66H72N10O8. The number of fused-ring (bicyclic) bond motifs is 2. The Morgan fingerprint density at radius 1 is 0.619 bits per heavy atom. The quantitative estimate of drug-likeness (QED) is 0.0665. The number of pyridine rings is 2. The average Bonchev–Trinajstić information content (AvgIpc) is 1.57. The molecule has 11 rings (SSSR count). The highest BCUT2D eigenvalue weighted by molar-refractivity contribution is 6.03. The number of hydrogen-bond acceptors (Lipinski definition) is 13. The second-order valence-electron chi connectivity index (χ2n) is 22.6.